The van der Waals surface area contributed by atoms with E-state index in [1.165, 1.54) is 0 Å². The number of halogens is 4. The van der Waals surface area contributed by atoms with E-state index in [0.717, 1.165) is 57.2 Å². The first-order valence-corrected chi connectivity index (χ1v) is 9.22. The highest BCUT2D eigenvalue weighted by Crippen LogP contribution is 2.42. The molecule has 0 aromatic heterocycles. The Labute approximate surface area is 150 Å². The summed E-state index contributed by atoms with van der Waals surface area (Å²) in [4.78, 5) is 17.1. The van der Waals surface area contributed by atoms with Gasteiger partial charge in [-0.25, -0.2) is 4.39 Å². The van der Waals surface area contributed by atoms with Gasteiger partial charge >= 0.3 is 6.18 Å². The Balaban J connectivity index is 1.59. The average molecular weight is 370 g/mol. The molecule has 142 valence electrons. The minimum absolute atomic E-state index is 0.121. The van der Waals surface area contributed by atoms with Gasteiger partial charge in [-0.2, -0.15) is 13.2 Å². The zero-order chi connectivity index (χ0) is 18.5. The lowest BCUT2D eigenvalue weighted by Crippen LogP contribution is -2.60. The largest absolute Gasteiger partial charge is 0.416 e. The monoisotopic (exact) mass is 370 g/mol. The Morgan fingerprint density at radius 2 is 1.77 bits per heavy atom. The standard InChI is InChI=1S/C19H22F4N2O/c20-15-10-13(9-14(11-15)19(21,22)23)12-24-7-1-5-18(24)6-2-8-25(17(18)26)16-3-4-16/h9-11,16H,1-8,12H2. The first kappa shape index (κ1) is 17.8. The van der Waals surface area contributed by atoms with E-state index in [4.69, 9.17) is 0 Å². The molecule has 2 saturated heterocycles. The normalized spacial score (nSPS) is 27.5. The summed E-state index contributed by atoms with van der Waals surface area (Å²) >= 11 is 0. The molecule has 1 saturated carbocycles. The van der Waals surface area contributed by atoms with E-state index < -0.39 is 23.1 Å². The lowest BCUT2D eigenvalue weighted by molar-refractivity contribution is -0.148. The molecule has 1 spiro atoms. The van der Waals surface area contributed by atoms with Gasteiger partial charge in [-0.15, -0.1) is 0 Å². The van der Waals surface area contributed by atoms with Crippen molar-refractivity contribution >= 4 is 5.91 Å². The Morgan fingerprint density at radius 1 is 1.08 bits per heavy atom. The van der Waals surface area contributed by atoms with Crippen LogP contribution >= 0.6 is 0 Å². The molecule has 2 heterocycles. The van der Waals surface area contributed by atoms with Crippen molar-refractivity contribution in [1.29, 1.82) is 0 Å². The number of nitrogens with zero attached hydrogens (tertiary/aromatic N) is 2. The summed E-state index contributed by atoms with van der Waals surface area (Å²) in [5.74, 6) is -0.770. The van der Waals surface area contributed by atoms with Crippen LogP contribution in [0, 0.1) is 5.82 Å². The molecule has 1 aromatic carbocycles. The SMILES string of the molecule is O=C1N(C2CC2)CCCC12CCCN2Cc1cc(F)cc(C(F)(F)F)c1. The van der Waals surface area contributed by atoms with Gasteiger partial charge in [-0.1, -0.05) is 0 Å². The van der Waals surface area contributed by atoms with Gasteiger partial charge in [-0.3, -0.25) is 9.69 Å². The van der Waals surface area contributed by atoms with Crippen LogP contribution in [0.4, 0.5) is 17.6 Å². The minimum atomic E-state index is -4.58. The van der Waals surface area contributed by atoms with Gasteiger partial charge in [0.25, 0.3) is 0 Å². The molecule has 3 aliphatic rings. The molecule has 1 atom stereocenters. The topological polar surface area (TPSA) is 23.6 Å². The van der Waals surface area contributed by atoms with Crippen molar-refractivity contribution in [3.63, 3.8) is 0 Å². The lowest BCUT2D eigenvalue weighted by Gasteiger charge is -2.45. The second-order valence-electron chi connectivity index (χ2n) is 7.74. The van der Waals surface area contributed by atoms with Crippen molar-refractivity contribution < 1.29 is 22.4 Å². The smallest absolute Gasteiger partial charge is 0.338 e. The second kappa shape index (κ2) is 6.22. The van der Waals surface area contributed by atoms with Gasteiger partial charge in [0.2, 0.25) is 5.91 Å². The van der Waals surface area contributed by atoms with E-state index in [0.29, 0.717) is 18.7 Å². The summed E-state index contributed by atoms with van der Waals surface area (Å²) in [5, 5.41) is 0. The number of carbonyl (C=O) groups is 1. The second-order valence-corrected chi connectivity index (χ2v) is 7.74. The van der Waals surface area contributed by atoms with E-state index in [9.17, 15) is 22.4 Å². The fourth-order valence-electron chi connectivity index (χ4n) is 4.57. The van der Waals surface area contributed by atoms with Crippen LogP contribution in [0.2, 0.25) is 0 Å². The molecule has 0 radical (unpaired) electrons. The van der Waals surface area contributed by atoms with Crippen LogP contribution in [0.3, 0.4) is 0 Å². The lowest BCUT2D eigenvalue weighted by atomic mass is 9.85. The van der Waals surface area contributed by atoms with Gasteiger partial charge in [0, 0.05) is 19.1 Å². The van der Waals surface area contributed by atoms with Crippen LogP contribution in [0.15, 0.2) is 18.2 Å². The number of carbonyl (C=O) groups excluding carboxylic acids is 1. The number of piperidine rings is 1. The van der Waals surface area contributed by atoms with Gasteiger partial charge in [-0.05, 0) is 68.8 Å². The fourth-order valence-corrected chi connectivity index (χ4v) is 4.57. The van der Waals surface area contributed by atoms with Crippen LogP contribution in [0.1, 0.15) is 49.7 Å². The molecule has 0 N–H and O–H groups in total. The Bertz CT molecular complexity index is 716. The van der Waals surface area contributed by atoms with Crippen LogP contribution in [0.25, 0.3) is 0 Å². The quantitative estimate of drug-likeness (QED) is 0.752. The minimum Gasteiger partial charge on any atom is -0.338 e. The van der Waals surface area contributed by atoms with Crippen LogP contribution in [-0.4, -0.2) is 40.4 Å². The Morgan fingerprint density at radius 3 is 2.42 bits per heavy atom. The van der Waals surface area contributed by atoms with Crippen molar-refractivity contribution in [2.24, 2.45) is 0 Å². The van der Waals surface area contributed by atoms with Crippen molar-refractivity contribution in [3.8, 4) is 0 Å². The van der Waals surface area contributed by atoms with E-state index in [-0.39, 0.29) is 18.0 Å². The summed E-state index contributed by atoms with van der Waals surface area (Å²) in [6, 6.07) is 3.01. The van der Waals surface area contributed by atoms with Gasteiger partial charge in [0.1, 0.15) is 11.4 Å². The van der Waals surface area contributed by atoms with Crippen molar-refractivity contribution in [1.82, 2.24) is 9.80 Å². The molecular weight excluding hydrogens is 348 g/mol. The third-order valence-corrected chi connectivity index (χ3v) is 5.92. The molecule has 1 unspecified atom stereocenters. The highest BCUT2D eigenvalue weighted by atomic mass is 19.4. The number of benzene rings is 1. The molecule has 2 aliphatic heterocycles. The fraction of sp³-hybridized carbons (Fsp3) is 0.632. The Kier molecular flexibility index (Phi) is 4.25. The summed E-state index contributed by atoms with van der Waals surface area (Å²) in [5.41, 5.74) is -1.32. The number of rotatable bonds is 3. The molecule has 1 amide bonds. The van der Waals surface area contributed by atoms with E-state index in [1.54, 1.807) is 0 Å². The maximum Gasteiger partial charge on any atom is 0.416 e. The highest BCUT2D eigenvalue weighted by molar-refractivity contribution is 5.88. The molecule has 3 nitrogen and oxygen atoms in total. The predicted molar refractivity (Wildman–Crippen MR) is 87.7 cm³/mol. The number of hydrogen-bond acceptors (Lipinski definition) is 2. The number of likely N-dealkylation sites (tertiary alicyclic amines) is 2. The third-order valence-electron chi connectivity index (χ3n) is 5.92. The average Bonchev–Trinajstić information content (AvgIpc) is 3.33. The zero-order valence-corrected chi connectivity index (χ0v) is 14.5. The molecule has 26 heavy (non-hydrogen) atoms. The van der Waals surface area contributed by atoms with Gasteiger partial charge in [0.05, 0.1) is 5.56 Å². The zero-order valence-electron chi connectivity index (χ0n) is 14.5. The summed E-state index contributed by atoms with van der Waals surface area (Å²) in [6.07, 6.45) is 0.721. The highest BCUT2D eigenvalue weighted by Gasteiger charge is 2.53. The summed E-state index contributed by atoms with van der Waals surface area (Å²) in [7, 11) is 0. The first-order chi connectivity index (χ1) is 12.3. The molecule has 1 aromatic rings. The van der Waals surface area contributed by atoms with Gasteiger partial charge in [0.15, 0.2) is 0 Å². The molecular formula is C19H22F4N2O. The van der Waals surface area contributed by atoms with Crippen LogP contribution < -0.4 is 0 Å². The maximum absolute atomic E-state index is 13.7. The predicted octanol–water partition coefficient (Wildman–Crippen LogP) is 3.96. The number of alkyl halides is 3. The first-order valence-electron chi connectivity index (χ1n) is 9.22. The van der Waals surface area contributed by atoms with Crippen molar-refractivity contribution in [2.75, 3.05) is 13.1 Å². The van der Waals surface area contributed by atoms with Crippen molar-refractivity contribution in [3.05, 3.63) is 35.1 Å². The van der Waals surface area contributed by atoms with Crippen LogP contribution in [0.5, 0.6) is 0 Å². The number of amides is 1. The van der Waals surface area contributed by atoms with Crippen LogP contribution in [-0.2, 0) is 17.5 Å². The summed E-state index contributed by atoms with van der Waals surface area (Å²) < 4.78 is 52.7. The molecule has 1 aliphatic carbocycles. The number of hydrogen-bond donors (Lipinski definition) is 0. The van der Waals surface area contributed by atoms with E-state index in [1.807, 2.05) is 9.80 Å². The molecule has 7 heteroatoms. The molecule has 4 rings (SSSR count). The summed E-state index contributed by atoms with van der Waals surface area (Å²) in [6.45, 7) is 1.60. The van der Waals surface area contributed by atoms with E-state index >= 15 is 0 Å². The van der Waals surface area contributed by atoms with Crippen molar-refractivity contribution in [2.45, 2.75) is 62.8 Å². The van der Waals surface area contributed by atoms with Gasteiger partial charge < -0.3 is 4.90 Å². The Hall–Kier alpha value is -1.63. The maximum atomic E-state index is 13.7. The molecule has 0 bridgehead atoms. The van der Waals surface area contributed by atoms with E-state index in [2.05, 4.69) is 0 Å². The third kappa shape index (κ3) is 3.10. The molecule has 3 fully saturated rings.